The van der Waals surface area contributed by atoms with E-state index in [0.717, 1.165) is 37.1 Å². The van der Waals surface area contributed by atoms with Crippen molar-refractivity contribution < 1.29 is 27.8 Å². The molecule has 0 spiro atoms. The Hall–Kier alpha value is -4.10. The van der Waals surface area contributed by atoms with Crippen LogP contribution in [0.15, 0.2) is 60.8 Å². The first kappa shape index (κ1) is 26.5. The molecular formula is C26H25F3N4O3. The first-order chi connectivity index (χ1) is 17.0. The van der Waals surface area contributed by atoms with E-state index >= 15 is 0 Å². The van der Waals surface area contributed by atoms with E-state index in [1.807, 2.05) is 18.2 Å². The van der Waals surface area contributed by atoms with Crippen LogP contribution in [0, 0.1) is 11.3 Å². The van der Waals surface area contributed by atoms with Crippen LogP contribution < -0.4 is 10.6 Å². The van der Waals surface area contributed by atoms with E-state index in [4.69, 9.17) is 20.8 Å². The molecule has 2 unspecified atom stereocenters. The van der Waals surface area contributed by atoms with Gasteiger partial charge in [-0.1, -0.05) is 12.1 Å². The van der Waals surface area contributed by atoms with Gasteiger partial charge in [-0.2, -0.15) is 18.4 Å². The fraction of sp³-hybridized carbons (Fsp3) is 0.269. The average Bonchev–Trinajstić information content (AvgIpc) is 2.83. The molecule has 1 saturated heterocycles. The maximum atomic E-state index is 13.0. The van der Waals surface area contributed by atoms with E-state index < -0.39 is 17.7 Å². The molecule has 36 heavy (non-hydrogen) atoms. The van der Waals surface area contributed by atoms with Gasteiger partial charge in [-0.3, -0.25) is 0 Å². The molecule has 2 aromatic carbocycles. The van der Waals surface area contributed by atoms with Crippen molar-refractivity contribution in [2.24, 2.45) is 0 Å². The van der Waals surface area contributed by atoms with E-state index in [0.29, 0.717) is 11.3 Å². The number of alkyl halides is 3. The molecule has 0 saturated carbocycles. The highest BCUT2D eigenvalue weighted by Crippen LogP contribution is 2.37. The van der Waals surface area contributed by atoms with Gasteiger partial charge in [0, 0.05) is 13.1 Å². The molecule has 0 radical (unpaired) electrons. The summed E-state index contributed by atoms with van der Waals surface area (Å²) in [4.78, 5) is 17.5. The number of carboxylic acids is 1. The van der Waals surface area contributed by atoms with Crippen molar-refractivity contribution in [2.45, 2.75) is 32.2 Å². The lowest BCUT2D eigenvalue weighted by atomic mass is 9.96. The minimum atomic E-state index is -4.60. The summed E-state index contributed by atoms with van der Waals surface area (Å²) in [6.45, 7) is 5.95. The SMILES string of the molecule is CC1CN(c2ccc(N)cn2)CC(C)O1.N#Cc1ccc(-c2cc(C(=O)O)ccc2C(F)(F)F)cc1. The van der Waals surface area contributed by atoms with Crippen molar-refractivity contribution in [3.8, 4) is 17.2 Å². The zero-order valence-electron chi connectivity index (χ0n) is 19.7. The van der Waals surface area contributed by atoms with E-state index in [-0.39, 0.29) is 28.9 Å². The van der Waals surface area contributed by atoms with Crippen LogP contribution in [0.2, 0.25) is 0 Å². The summed E-state index contributed by atoms with van der Waals surface area (Å²) in [6.07, 6.45) is -2.39. The number of halogens is 3. The number of nitrogens with zero attached hydrogens (tertiary/aromatic N) is 3. The van der Waals surface area contributed by atoms with Crippen molar-refractivity contribution in [1.29, 1.82) is 5.26 Å². The smallest absolute Gasteiger partial charge is 0.417 e. The fourth-order valence-corrected chi connectivity index (χ4v) is 3.84. The van der Waals surface area contributed by atoms with Crippen molar-refractivity contribution >= 4 is 17.5 Å². The van der Waals surface area contributed by atoms with Gasteiger partial charge in [0.2, 0.25) is 0 Å². The molecule has 1 fully saturated rings. The number of morpholine rings is 1. The number of aromatic nitrogens is 1. The third-order valence-corrected chi connectivity index (χ3v) is 5.41. The van der Waals surface area contributed by atoms with Gasteiger partial charge in [-0.25, -0.2) is 9.78 Å². The van der Waals surface area contributed by atoms with Crippen LogP contribution in [0.4, 0.5) is 24.7 Å². The fourth-order valence-electron chi connectivity index (χ4n) is 3.84. The minimum absolute atomic E-state index is 0.199. The molecular weight excluding hydrogens is 473 g/mol. The van der Waals surface area contributed by atoms with Crippen molar-refractivity contribution in [3.63, 3.8) is 0 Å². The molecule has 188 valence electrons. The van der Waals surface area contributed by atoms with Gasteiger partial charge in [0.1, 0.15) is 5.82 Å². The van der Waals surface area contributed by atoms with Gasteiger partial charge in [0.25, 0.3) is 0 Å². The predicted molar refractivity (Wildman–Crippen MR) is 129 cm³/mol. The predicted octanol–water partition coefficient (Wildman–Crippen LogP) is 5.22. The van der Waals surface area contributed by atoms with Crippen LogP contribution in [0.25, 0.3) is 11.1 Å². The topological polar surface area (TPSA) is 112 Å². The second-order valence-corrected chi connectivity index (χ2v) is 8.36. The molecule has 0 bridgehead atoms. The average molecular weight is 499 g/mol. The van der Waals surface area contributed by atoms with Crippen molar-refractivity contribution in [3.05, 3.63) is 77.5 Å². The molecule has 3 aromatic rings. The Morgan fingerprint density at radius 3 is 2.25 bits per heavy atom. The minimum Gasteiger partial charge on any atom is -0.478 e. The number of rotatable bonds is 3. The molecule has 10 heteroatoms. The number of aromatic carboxylic acids is 1. The molecule has 2 atom stereocenters. The van der Waals surface area contributed by atoms with E-state index in [1.54, 1.807) is 6.20 Å². The van der Waals surface area contributed by atoms with Gasteiger partial charge < -0.3 is 20.5 Å². The second kappa shape index (κ2) is 11.1. The molecule has 2 heterocycles. The molecule has 3 N–H and O–H groups in total. The molecule has 4 rings (SSSR count). The molecule has 7 nitrogen and oxygen atoms in total. The summed E-state index contributed by atoms with van der Waals surface area (Å²) in [7, 11) is 0. The third kappa shape index (κ3) is 6.73. The summed E-state index contributed by atoms with van der Waals surface area (Å²) in [6, 6.07) is 13.8. The summed E-state index contributed by atoms with van der Waals surface area (Å²) in [5, 5.41) is 17.6. The van der Waals surface area contributed by atoms with Crippen LogP contribution in [-0.2, 0) is 10.9 Å². The Bertz CT molecular complexity index is 1230. The highest BCUT2D eigenvalue weighted by Gasteiger charge is 2.34. The summed E-state index contributed by atoms with van der Waals surface area (Å²) < 4.78 is 44.7. The Balaban J connectivity index is 0.000000212. The molecule has 0 amide bonds. The number of hydrogen-bond acceptors (Lipinski definition) is 6. The molecule has 0 aliphatic carbocycles. The second-order valence-electron chi connectivity index (χ2n) is 8.36. The van der Waals surface area contributed by atoms with Gasteiger partial charge in [0.15, 0.2) is 0 Å². The third-order valence-electron chi connectivity index (χ3n) is 5.41. The Morgan fingerprint density at radius 2 is 1.75 bits per heavy atom. The molecule has 1 aliphatic heterocycles. The normalized spacial score (nSPS) is 17.5. The lowest BCUT2D eigenvalue weighted by molar-refractivity contribution is -0.137. The first-order valence-corrected chi connectivity index (χ1v) is 11.0. The lowest BCUT2D eigenvalue weighted by Crippen LogP contribution is -2.45. The van der Waals surface area contributed by atoms with Crippen molar-refractivity contribution in [1.82, 2.24) is 4.98 Å². The molecule has 1 aliphatic rings. The number of pyridine rings is 1. The number of nitriles is 1. The summed E-state index contributed by atoms with van der Waals surface area (Å²) >= 11 is 0. The number of carbonyl (C=O) groups is 1. The number of ether oxygens (including phenoxy) is 1. The Kier molecular flexibility index (Phi) is 8.17. The lowest BCUT2D eigenvalue weighted by Gasteiger charge is -2.36. The van der Waals surface area contributed by atoms with Gasteiger partial charge in [-0.15, -0.1) is 0 Å². The van der Waals surface area contributed by atoms with Gasteiger partial charge in [0.05, 0.1) is 46.9 Å². The Morgan fingerprint density at radius 1 is 1.11 bits per heavy atom. The standard InChI is InChI=1S/C15H8F3NO2.C11H17N3O/c16-15(17,18)13-6-5-11(14(20)21)7-12(13)10-3-1-9(8-19)2-4-10;1-8-6-14(7-9(2)15-8)11-4-3-10(12)5-13-11/h1-7H,(H,20,21);3-5,8-9H,6-7,12H2,1-2H3. The summed E-state index contributed by atoms with van der Waals surface area (Å²) in [5.41, 5.74) is 5.43. The number of carboxylic acid groups (broad SMARTS) is 1. The number of anilines is 2. The van der Waals surface area contributed by atoms with Crippen LogP contribution in [0.5, 0.6) is 0 Å². The number of benzene rings is 2. The first-order valence-electron chi connectivity index (χ1n) is 11.0. The number of hydrogen-bond donors (Lipinski definition) is 2. The van der Waals surface area contributed by atoms with E-state index in [2.05, 4.69) is 23.7 Å². The van der Waals surface area contributed by atoms with Crippen LogP contribution in [-0.4, -0.2) is 41.4 Å². The number of nitrogen functional groups attached to an aromatic ring is 1. The quantitative estimate of drug-likeness (QED) is 0.509. The Labute approximate surface area is 206 Å². The highest BCUT2D eigenvalue weighted by atomic mass is 19.4. The maximum Gasteiger partial charge on any atom is 0.417 e. The van der Waals surface area contributed by atoms with Crippen LogP contribution in [0.3, 0.4) is 0 Å². The van der Waals surface area contributed by atoms with Crippen LogP contribution >= 0.6 is 0 Å². The van der Waals surface area contributed by atoms with Crippen LogP contribution in [0.1, 0.15) is 35.3 Å². The molecule has 1 aromatic heterocycles. The largest absolute Gasteiger partial charge is 0.478 e. The van der Waals surface area contributed by atoms with E-state index in [1.165, 1.54) is 24.3 Å². The number of nitrogens with two attached hydrogens (primary N) is 1. The maximum absolute atomic E-state index is 13.0. The zero-order valence-corrected chi connectivity index (χ0v) is 19.7. The zero-order chi connectivity index (χ0) is 26.5. The summed E-state index contributed by atoms with van der Waals surface area (Å²) in [5.74, 6) is -0.329. The van der Waals surface area contributed by atoms with E-state index in [9.17, 15) is 18.0 Å². The van der Waals surface area contributed by atoms with Gasteiger partial charge in [-0.05, 0) is 67.4 Å². The monoisotopic (exact) mass is 498 g/mol. The van der Waals surface area contributed by atoms with Crippen molar-refractivity contribution in [2.75, 3.05) is 23.7 Å². The highest BCUT2D eigenvalue weighted by molar-refractivity contribution is 5.90. The van der Waals surface area contributed by atoms with Gasteiger partial charge >= 0.3 is 12.1 Å².